The van der Waals surface area contributed by atoms with Crippen molar-refractivity contribution in [2.75, 3.05) is 0 Å². The lowest BCUT2D eigenvalue weighted by Crippen LogP contribution is -2.29. The fourth-order valence-electron chi connectivity index (χ4n) is 2.22. The number of carbonyl (C=O) groups excluding carboxylic acids is 1. The Morgan fingerprint density at radius 1 is 1.29 bits per heavy atom. The van der Waals surface area contributed by atoms with E-state index in [0.29, 0.717) is 6.04 Å². The molecule has 0 aromatic heterocycles. The van der Waals surface area contributed by atoms with Gasteiger partial charge in [0.25, 0.3) is 0 Å². The monoisotopic (exact) mass is 251 g/mol. The number of benzene rings is 1. The SMILES string of the molecule is Cc1cc(C)c(C(Cl)C(=O)NC2CC2)c(C)c1. The van der Waals surface area contributed by atoms with Gasteiger partial charge in [-0.3, -0.25) is 4.79 Å². The quantitative estimate of drug-likeness (QED) is 0.822. The average Bonchev–Trinajstić information content (AvgIpc) is 2.99. The maximum absolute atomic E-state index is 11.9. The van der Waals surface area contributed by atoms with E-state index in [1.807, 2.05) is 13.8 Å². The second-order valence-corrected chi connectivity index (χ2v) is 5.39. The smallest absolute Gasteiger partial charge is 0.242 e. The van der Waals surface area contributed by atoms with Crippen LogP contribution in [-0.2, 0) is 4.79 Å². The summed E-state index contributed by atoms with van der Waals surface area (Å²) in [6.45, 7) is 6.07. The molecule has 1 atom stereocenters. The Morgan fingerprint density at radius 3 is 2.29 bits per heavy atom. The first-order chi connectivity index (χ1) is 7.99. The Bertz CT molecular complexity index is 429. The number of hydrogen-bond donors (Lipinski definition) is 1. The van der Waals surface area contributed by atoms with Gasteiger partial charge < -0.3 is 5.32 Å². The third-order valence-corrected chi connectivity index (χ3v) is 3.56. The second-order valence-electron chi connectivity index (χ2n) is 4.96. The van der Waals surface area contributed by atoms with Gasteiger partial charge in [-0.1, -0.05) is 17.7 Å². The molecule has 0 saturated heterocycles. The highest BCUT2D eigenvalue weighted by Gasteiger charge is 2.28. The molecule has 3 heteroatoms. The van der Waals surface area contributed by atoms with Gasteiger partial charge >= 0.3 is 0 Å². The van der Waals surface area contributed by atoms with Crippen molar-refractivity contribution < 1.29 is 4.79 Å². The van der Waals surface area contributed by atoms with E-state index < -0.39 is 5.38 Å². The van der Waals surface area contributed by atoms with Crippen LogP contribution in [0.5, 0.6) is 0 Å². The number of nitrogens with one attached hydrogen (secondary N) is 1. The Labute approximate surface area is 107 Å². The molecule has 1 aliphatic rings. The minimum absolute atomic E-state index is 0.0655. The Balaban J connectivity index is 2.22. The van der Waals surface area contributed by atoms with Crippen LogP contribution in [-0.4, -0.2) is 11.9 Å². The Kier molecular flexibility index (Phi) is 3.43. The molecule has 1 aliphatic carbocycles. The molecule has 1 aromatic carbocycles. The summed E-state index contributed by atoms with van der Waals surface area (Å²) in [4.78, 5) is 11.9. The number of rotatable bonds is 3. The van der Waals surface area contributed by atoms with Crippen molar-refractivity contribution in [2.45, 2.75) is 45.0 Å². The van der Waals surface area contributed by atoms with Crippen molar-refractivity contribution in [3.05, 3.63) is 34.4 Å². The number of amides is 1. The number of carbonyl (C=O) groups is 1. The largest absolute Gasteiger partial charge is 0.352 e. The molecular weight excluding hydrogens is 234 g/mol. The maximum Gasteiger partial charge on any atom is 0.242 e. The van der Waals surface area contributed by atoms with Gasteiger partial charge in [0.15, 0.2) is 0 Å². The van der Waals surface area contributed by atoms with Gasteiger partial charge in [0, 0.05) is 6.04 Å². The van der Waals surface area contributed by atoms with E-state index in [4.69, 9.17) is 11.6 Å². The van der Waals surface area contributed by atoms with Crippen LogP contribution < -0.4 is 5.32 Å². The van der Waals surface area contributed by atoms with Crippen LogP contribution in [0.15, 0.2) is 12.1 Å². The van der Waals surface area contributed by atoms with Crippen LogP contribution in [0.2, 0.25) is 0 Å². The first kappa shape index (κ1) is 12.4. The van der Waals surface area contributed by atoms with Crippen LogP contribution in [0.4, 0.5) is 0 Å². The van der Waals surface area contributed by atoms with Crippen molar-refractivity contribution in [3.63, 3.8) is 0 Å². The minimum atomic E-state index is -0.573. The molecule has 1 N–H and O–H groups in total. The van der Waals surface area contributed by atoms with Crippen molar-refractivity contribution in [1.29, 1.82) is 0 Å². The molecule has 1 saturated carbocycles. The van der Waals surface area contributed by atoms with E-state index in [1.54, 1.807) is 0 Å². The number of alkyl halides is 1. The van der Waals surface area contributed by atoms with Gasteiger partial charge in [0.2, 0.25) is 5.91 Å². The normalized spacial score (nSPS) is 16.7. The van der Waals surface area contributed by atoms with Gasteiger partial charge in [0.1, 0.15) is 5.38 Å². The van der Waals surface area contributed by atoms with E-state index in [9.17, 15) is 4.79 Å². The van der Waals surface area contributed by atoms with E-state index >= 15 is 0 Å². The third-order valence-electron chi connectivity index (χ3n) is 3.15. The van der Waals surface area contributed by atoms with Gasteiger partial charge in [-0.25, -0.2) is 0 Å². The first-order valence-corrected chi connectivity index (χ1v) is 6.45. The van der Waals surface area contributed by atoms with Crippen LogP contribution in [0.1, 0.15) is 40.5 Å². The lowest BCUT2D eigenvalue weighted by molar-refractivity contribution is -0.121. The van der Waals surface area contributed by atoms with Crippen LogP contribution >= 0.6 is 11.6 Å². The summed E-state index contributed by atoms with van der Waals surface area (Å²) >= 11 is 6.28. The highest BCUT2D eigenvalue weighted by molar-refractivity contribution is 6.31. The molecular formula is C14H18ClNO. The molecule has 0 aliphatic heterocycles. The fraction of sp³-hybridized carbons (Fsp3) is 0.500. The molecule has 1 fully saturated rings. The minimum Gasteiger partial charge on any atom is -0.352 e. The summed E-state index contributed by atoms with van der Waals surface area (Å²) in [7, 11) is 0. The number of halogens is 1. The molecule has 2 rings (SSSR count). The summed E-state index contributed by atoms with van der Waals surface area (Å²) in [5.41, 5.74) is 4.34. The average molecular weight is 252 g/mol. The van der Waals surface area contributed by atoms with Gasteiger partial charge in [0.05, 0.1) is 0 Å². The molecule has 1 amide bonds. The maximum atomic E-state index is 11.9. The van der Waals surface area contributed by atoms with E-state index in [2.05, 4.69) is 24.4 Å². The molecule has 92 valence electrons. The van der Waals surface area contributed by atoms with Crippen LogP contribution in [0, 0.1) is 20.8 Å². The van der Waals surface area contributed by atoms with Crippen LogP contribution in [0.3, 0.4) is 0 Å². The molecule has 0 heterocycles. The van der Waals surface area contributed by atoms with Gasteiger partial charge in [-0.2, -0.15) is 0 Å². The van der Waals surface area contributed by atoms with Crippen LogP contribution in [0.25, 0.3) is 0 Å². The zero-order valence-corrected chi connectivity index (χ0v) is 11.3. The highest BCUT2D eigenvalue weighted by Crippen LogP contribution is 2.30. The lowest BCUT2D eigenvalue weighted by atomic mass is 9.97. The lowest BCUT2D eigenvalue weighted by Gasteiger charge is -2.16. The van der Waals surface area contributed by atoms with Crippen molar-refractivity contribution in [3.8, 4) is 0 Å². The zero-order chi connectivity index (χ0) is 12.6. The number of hydrogen-bond acceptors (Lipinski definition) is 1. The Morgan fingerprint density at radius 2 is 1.82 bits per heavy atom. The van der Waals surface area contributed by atoms with Crippen molar-refractivity contribution in [1.82, 2.24) is 5.32 Å². The molecule has 1 aromatic rings. The molecule has 0 spiro atoms. The fourth-order valence-corrected chi connectivity index (χ4v) is 2.63. The summed E-state index contributed by atoms with van der Waals surface area (Å²) < 4.78 is 0. The topological polar surface area (TPSA) is 29.1 Å². The summed E-state index contributed by atoms with van der Waals surface area (Å²) in [6.07, 6.45) is 2.17. The molecule has 1 unspecified atom stereocenters. The van der Waals surface area contributed by atoms with Gasteiger partial charge in [-0.05, 0) is 50.3 Å². The Hall–Kier alpha value is -1.02. The summed E-state index contributed by atoms with van der Waals surface area (Å²) in [5, 5.41) is 2.38. The van der Waals surface area contributed by atoms with E-state index in [1.165, 1.54) is 5.56 Å². The molecule has 0 radical (unpaired) electrons. The van der Waals surface area contributed by atoms with E-state index in [0.717, 1.165) is 29.5 Å². The van der Waals surface area contributed by atoms with Crippen molar-refractivity contribution in [2.24, 2.45) is 0 Å². The highest BCUT2D eigenvalue weighted by atomic mass is 35.5. The van der Waals surface area contributed by atoms with Gasteiger partial charge in [-0.15, -0.1) is 11.6 Å². The zero-order valence-electron chi connectivity index (χ0n) is 10.5. The van der Waals surface area contributed by atoms with E-state index in [-0.39, 0.29) is 5.91 Å². The summed E-state index contributed by atoms with van der Waals surface area (Å²) in [6, 6.07) is 4.50. The number of aryl methyl sites for hydroxylation is 3. The molecule has 2 nitrogen and oxygen atoms in total. The standard InChI is InChI=1S/C14H18ClNO/c1-8-6-9(2)12(10(3)7-8)13(15)14(17)16-11-4-5-11/h6-7,11,13H,4-5H2,1-3H3,(H,16,17). The van der Waals surface area contributed by atoms with Crippen molar-refractivity contribution >= 4 is 17.5 Å². The predicted octanol–water partition coefficient (Wildman–Crippen LogP) is 3.17. The summed E-state index contributed by atoms with van der Waals surface area (Å²) in [5.74, 6) is -0.0655. The molecule has 0 bridgehead atoms. The predicted molar refractivity (Wildman–Crippen MR) is 70.4 cm³/mol. The first-order valence-electron chi connectivity index (χ1n) is 6.01. The third kappa shape index (κ3) is 2.81. The second kappa shape index (κ2) is 4.69. The molecule has 17 heavy (non-hydrogen) atoms.